The Hall–Kier alpha value is -1.13. The predicted molar refractivity (Wildman–Crippen MR) is 75.8 cm³/mol. The first-order valence-electron chi connectivity index (χ1n) is 6.77. The van der Waals surface area contributed by atoms with Crippen LogP contribution in [-0.4, -0.2) is 24.8 Å². The Bertz CT molecular complexity index is 459. The monoisotopic (exact) mass is 266 g/mol. The highest BCUT2D eigenvalue weighted by Crippen LogP contribution is 2.32. The molecule has 1 aliphatic heterocycles. The fourth-order valence-electron chi connectivity index (χ4n) is 2.89. The summed E-state index contributed by atoms with van der Waals surface area (Å²) < 4.78 is 19.9. The normalized spacial score (nSPS) is 24.3. The molecule has 1 heterocycles. The van der Waals surface area contributed by atoms with Crippen LogP contribution in [0.25, 0.3) is 0 Å². The third kappa shape index (κ3) is 3.07. The molecule has 1 aromatic rings. The van der Waals surface area contributed by atoms with Crippen LogP contribution in [0.1, 0.15) is 39.3 Å². The number of morpholine rings is 1. The fourth-order valence-corrected chi connectivity index (χ4v) is 2.89. The largest absolute Gasteiger partial charge is 0.369 e. The fraction of sp³-hybridized carbons (Fsp3) is 0.600. The van der Waals surface area contributed by atoms with Crippen molar-refractivity contribution in [1.29, 1.82) is 0 Å². The number of benzene rings is 1. The minimum Gasteiger partial charge on any atom is -0.369 e. The van der Waals surface area contributed by atoms with E-state index < -0.39 is 0 Å². The second kappa shape index (κ2) is 5.10. The number of nitrogens with two attached hydrogens (primary N) is 1. The molecule has 0 amide bonds. The van der Waals surface area contributed by atoms with Crippen LogP contribution in [0.15, 0.2) is 18.2 Å². The molecular formula is C15H23FN2O. The van der Waals surface area contributed by atoms with Crippen molar-refractivity contribution in [2.45, 2.75) is 45.4 Å². The van der Waals surface area contributed by atoms with Gasteiger partial charge in [0.25, 0.3) is 0 Å². The average molecular weight is 266 g/mol. The highest BCUT2D eigenvalue weighted by atomic mass is 19.1. The maximum absolute atomic E-state index is 14.0. The van der Waals surface area contributed by atoms with Gasteiger partial charge in [0, 0.05) is 30.4 Å². The van der Waals surface area contributed by atoms with Crippen LogP contribution in [0, 0.1) is 5.82 Å². The van der Waals surface area contributed by atoms with Crippen molar-refractivity contribution >= 4 is 5.69 Å². The molecule has 0 saturated carbocycles. The lowest BCUT2D eigenvalue weighted by Gasteiger charge is -2.43. The van der Waals surface area contributed by atoms with Crippen LogP contribution >= 0.6 is 0 Å². The number of halogens is 1. The average Bonchev–Trinajstić information content (AvgIpc) is 2.25. The van der Waals surface area contributed by atoms with Gasteiger partial charge in [0.05, 0.1) is 11.7 Å². The molecule has 19 heavy (non-hydrogen) atoms. The summed E-state index contributed by atoms with van der Waals surface area (Å²) in [6, 6.07) is 4.83. The first kappa shape index (κ1) is 14.3. The van der Waals surface area contributed by atoms with Gasteiger partial charge in [0.15, 0.2) is 0 Å². The summed E-state index contributed by atoms with van der Waals surface area (Å²) in [6.45, 7) is 9.46. The van der Waals surface area contributed by atoms with E-state index in [-0.39, 0.29) is 23.6 Å². The Morgan fingerprint density at radius 2 is 2.16 bits per heavy atom. The molecule has 2 rings (SSSR count). The van der Waals surface area contributed by atoms with Crippen molar-refractivity contribution in [3.8, 4) is 0 Å². The Kier molecular flexibility index (Phi) is 3.83. The molecule has 0 spiro atoms. The first-order chi connectivity index (χ1) is 8.80. The minimum absolute atomic E-state index is 0.118. The molecule has 1 aromatic carbocycles. The van der Waals surface area contributed by atoms with E-state index in [4.69, 9.17) is 10.5 Å². The molecule has 106 valence electrons. The Labute approximate surface area is 114 Å². The Balaban J connectivity index is 2.39. The highest BCUT2D eigenvalue weighted by Gasteiger charge is 2.32. The van der Waals surface area contributed by atoms with Gasteiger partial charge in [-0.05, 0) is 39.8 Å². The van der Waals surface area contributed by atoms with Crippen LogP contribution in [0.2, 0.25) is 0 Å². The topological polar surface area (TPSA) is 38.5 Å². The van der Waals surface area contributed by atoms with E-state index in [1.165, 1.54) is 6.07 Å². The number of hydrogen-bond donors (Lipinski definition) is 1. The summed E-state index contributed by atoms with van der Waals surface area (Å²) >= 11 is 0. The van der Waals surface area contributed by atoms with Gasteiger partial charge in [0.1, 0.15) is 5.82 Å². The minimum atomic E-state index is -0.322. The first-order valence-corrected chi connectivity index (χ1v) is 6.77. The molecule has 1 fully saturated rings. The van der Waals surface area contributed by atoms with E-state index in [2.05, 4.69) is 18.7 Å². The second-order valence-electron chi connectivity index (χ2n) is 6.03. The molecule has 0 aliphatic carbocycles. The number of hydrogen-bond acceptors (Lipinski definition) is 3. The summed E-state index contributed by atoms with van der Waals surface area (Å²) in [4.78, 5) is 2.18. The lowest BCUT2D eigenvalue weighted by atomic mass is 10.0. The predicted octanol–water partition coefficient (Wildman–Crippen LogP) is 2.85. The highest BCUT2D eigenvalue weighted by molar-refractivity contribution is 5.56. The van der Waals surface area contributed by atoms with Crippen molar-refractivity contribution in [3.05, 3.63) is 29.6 Å². The van der Waals surface area contributed by atoms with Gasteiger partial charge in [-0.25, -0.2) is 4.39 Å². The zero-order valence-electron chi connectivity index (χ0n) is 12.1. The van der Waals surface area contributed by atoms with Crippen molar-refractivity contribution < 1.29 is 9.13 Å². The van der Waals surface area contributed by atoms with Crippen LogP contribution in [0.5, 0.6) is 0 Å². The number of anilines is 1. The second-order valence-corrected chi connectivity index (χ2v) is 6.03. The molecule has 1 aliphatic rings. The molecule has 1 saturated heterocycles. The lowest BCUT2D eigenvalue weighted by Crippen LogP contribution is -2.52. The van der Waals surface area contributed by atoms with E-state index in [9.17, 15) is 4.39 Å². The van der Waals surface area contributed by atoms with Gasteiger partial charge in [-0.2, -0.15) is 0 Å². The number of nitrogens with zero attached hydrogens (tertiary/aromatic N) is 1. The number of rotatable bonds is 2. The molecule has 4 heteroatoms. The Morgan fingerprint density at radius 1 is 1.47 bits per heavy atom. The van der Waals surface area contributed by atoms with Crippen LogP contribution in [0.3, 0.4) is 0 Å². The van der Waals surface area contributed by atoms with E-state index in [0.717, 1.165) is 18.8 Å². The van der Waals surface area contributed by atoms with Crippen molar-refractivity contribution in [2.24, 2.45) is 5.73 Å². The van der Waals surface area contributed by atoms with Crippen LogP contribution in [0.4, 0.5) is 10.1 Å². The zero-order valence-corrected chi connectivity index (χ0v) is 12.1. The molecule has 2 unspecified atom stereocenters. The third-order valence-electron chi connectivity index (χ3n) is 3.40. The maximum atomic E-state index is 14.0. The summed E-state index contributed by atoms with van der Waals surface area (Å²) in [7, 11) is 0. The summed E-state index contributed by atoms with van der Waals surface area (Å²) in [6.07, 6.45) is 0.118. The molecule has 0 radical (unpaired) electrons. The summed E-state index contributed by atoms with van der Waals surface area (Å²) in [5.41, 5.74) is 7.17. The maximum Gasteiger partial charge on any atom is 0.130 e. The van der Waals surface area contributed by atoms with Crippen LogP contribution < -0.4 is 10.6 Å². The summed E-state index contributed by atoms with van der Waals surface area (Å²) in [5, 5.41) is 0. The van der Waals surface area contributed by atoms with E-state index >= 15 is 0 Å². The van der Waals surface area contributed by atoms with Gasteiger partial charge in [-0.15, -0.1) is 0 Å². The molecule has 2 N–H and O–H groups in total. The van der Waals surface area contributed by atoms with E-state index in [1.54, 1.807) is 6.07 Å². The smallest absolute Gasteiger partial charge is 0.130 e. The summed E-state index contributed by atoms with van der Waals surface area (Å²) in [5.74, 6) is -0.232. The van der Waals surface area contributed by atoms with Crippen molar-refractivity contribution in [1.82, 2.24) is 0 Å². The lowest BCUT2D eigenvalue weighted by molar-refractivity contribution is -0.0750. The molecule has 0 aromatic heterocycles. The van der Waals surface area contributed by atoms with Crippen molar-refractivity contribution in [3.63, 3.8) is 0 Å². The third-order valence-corrected chi connectivity index (χ3v) is 3.40. The van der Waals surface area contributed by atoms with Gasteiger partial charge >= 0.3 is 0 Å². The van der Waals surface area contributed by atoms with Gasteiger partial charge < -0.3 is 15.4 Å². The molecule has 3 nitrogen and oxygen atoms in total. The van der Waals surface area contributed by atoms with E-state index in [0.29, 0.717) is 5.56 Å². The standard InChI is InChI=1S/C15H23FN2O/c1-10-8-18(9-15(3,4)19-10)13-7-5-6-12(16)14(13)11(2)17/h5-7,10-11H,8-9,17H2,1-4H3. The van der Waals surface area contributed by atoms with Gasteiger partial charge in [-0.3, -0.25) is 0 Å². The molecule has 0 bridgehead atoms. The van der Waals surface area contributed by atoms with E-state index in [1.807, 2.05) is 19.9 Å². The number of ether oxygens (including phenoxy) is 1. The van der Waals surface area contributed by atoms with Gasteiger partial charge in [-0.1, -0.05) is 6.07 Å². The molecule has 2 atom stereocenters. The van der Waals surface area contributed by atoms with Gasteiger partial charge in [0.2, 0.25) is 0 Å². The SMILES string of the molecule is CC1CN(c2cccc(F)c2C(C)N)CC(C)(C)O1. The quantitative estimate of drug-likeness (QED) is 0.894. The van der Waals surface area contributed by atoms with Crippen molar-refractivity contribution in [2.75, 3.05) is 18.0 Å². The Morgan fingerprint density at radius 3 is 2.74 bits per heavy atom. The molecular weight excluding hydrogens is 243 g/mol. The zero-order chi connectivity index (χ0) is 14.2. The van der Waals surface area contributed by atoms with Crippen LogP contribution in [-0.2, 0) is 4.74 Å².